The summed E-state index contributed by atoms with van der Waals surface area (Å²) in [6.45, 7) is 0. The summed E-state index contributed by atoms with van der Waals surface area (Å²) >= 11 is 0. The normalized spacial score (nSPS) is 12.8. The van der Waals surface area contributed by atoms with E-state index in [1.165, 1.54) is 12.4 Å². The van der Waals surface area contributed by atoms with Crippen molar-refractivity contribution in [2.24, 2.45) is 0 Å². The Bertz CT molecular complexity index is 1050. The van der Waals surface area contributed by atoms with Gasteiger partial charge in [0.15, 0.2) is 11.6 Å². The Morgan fingerprint density at radius 2 is 1.81 bits per heavy atom. The van der Waals surface area contributed by atoms with E-state index in [9.17, 15) is 18.4 Å². The molecule has 0 aliphatic heterocycles. The van der Waals surface area contributed by atoms with E-state index in [-0.39, 0.29) is 11.1 Å². The van der Waals surface area contributed by atoms with E-state index in [1.807, 2.05) is 6.07 Å². The lowest BCUT2D eigenvalue weighted by molar-refractivity contribution is -0.132. The zero-order chi connectivity index (χ0) is 18.3. The van der Waals surface area contributed by atoms with Gasteiger partial charge in [0.05, 0.1) is 23.1 Å². The van der Waals surface area contributed by atoms with Crippen molar-refractivity contribution in [3.63, 3.8) is 0 Å². The van der Waals surface area contributed by atoms with Gasteiger partial charge < -0.3 is 15.6 Å². The highest BCUT2D eigenvalue weighted by molar-refractivity contribution is 6.44. The third-order valence-electron chi connectivity index (χ3n) is 4.35. The zero-order valence-corrected chi connectivity index (χ0v) is 13.5. The molecule has 132 valence electrons. The Kier molecular flexibility index (Phi) is 3.87. The fraction of sp³-hybridized carbons (Fsp3) is 0.167. The number of H-pyrrole nitrogens is 1. The molecule has 0 atom stereocenters. The Balaban J connectivity index is 1.49. The zero-order valence-electron chi connectivity index (χ0n) is 13.5. The Hall–Kier alpha value is -3.29. The first-order valence-corrected chi connectivity index (χ1v) is 8.07. The number of nitrogens with zero attached hydrogens (tertiary/aromatic N) is 1. The summed E-state index contributed by atoms with van der Waals surface area (Å²) in [7, 11) is 0. The van der Waals surface area contributed by atoms with Gasteiger partial charge in [-0.1, -0.05) is 0 Å². The second-order valence-electron chi connectivity index (χ2n) is 6.11. The van der Waals surface area contributed by atoms with Crippen LogP contribution in [0.2, 0.25) is 0 Å². The number of hydrogen-bond acceptors (Lipinski definition) is 3. The molecule has 4 rings (SSSR count). The second-order valence-corrected chi connectivity index (χ2v) is 6.11. The molecule has 1 aliphatic rings. The van der Waals surface area contributed by atoms with Crippen LogP contribution in [-0.4, -0.2) is 21.8 Å². The summed E-state index contributed by atoms with van der Waals surface area (Å²) in [5, 5.41) is 5.15. The molecule has 2 aromatic heterocycles. The van der Waals surface area contributed by atoms with E-state index in [2.05, 4.69) is 20.6 Å². The number of aromatic nitrogens is 2. The largest absolute Gasteiger partial charge is 0.359 e. The minimum atomic E-state index is -1.04. The minimum Gasteiger partial charge on any atom is -0.359 e. The van der Waals surface area contributed by atoms with Crippen molar-refractivity contribution in [3.8, 4) is 0 Å². The Morgan fingerprint density at radius 1 is 1.04 bits per heavy atom. The van der Waals surface area contributed by atoms with Crippen LogP contribution in [0.15, 0.2) is 30.6 Å². The Labute approximate surface area is 146 Å². The molecule has 3 N–H and O–H groups in total. The first-order chi connectivity index (χ1) is 12.5. The molecule has 26 heavy (non-hydrogen) atoms. The van der Waals surface area contributed by atoms with Crippen LogP contribution in [0.4, 0.5) is 20.2 Å². The lowest BCUT2D eigenvalue weighted by Gasteiger charge is -2.07. The Morgan fingerprint density at radius 3 is 2.65 bits per heavy atom. The van der Waals surface area contributed by atoms with Crippen LogP contribution in [-0.2, 0) is 22.4 Å². The molecule has 0 unspecified atom stereocenters. The molecule has 0 radical (unpaired) electrons. The maximum atomic E-state index is 13.4. The van der Waals surface area contributed by atoms with Gasteiger partial charge in [0.1, 0.15) is 0 Å². The topological polar surface area (TPSA) is 86.9 Å². The van der Waals surface area contributed by atoms with Crippen molar-refractivity contribution in [2.45, 2.75) is 19.3 Å². The van der Waals surface area contributed by atoms with Crippen molar-refractivity contribution in [3.05, 3.63) is 53.5 Å². The average Bonchev–Trinajstić information content (AvgIpc) is 3.22. The van der Waals surface area contributed by atoms with Crippen LogP contribution in [0.1, 0.15) is 17.7 Å². The van der Waals surface area contributed by atoms with E-state index in [0.29, 0.717) is 11.2 Å². The van der Waals surface area contributed by atoms with Gasteiger partial charge in [0.2, 0.25) is 0 Å². The molecule has 0 saturated carbocycles. The summed E-state index contributed by atoms with van der Waals surface area (Å²) in [6.07, 6.45) is 5.72. The molecule has 2 heterocycles. The number of amides is 2. The standard InChI is InChI=1S/C18H14F2N4O2/c19-12-5-11-15(6-13(12)20)22-8-16(11)24-18(26)17(25)23-10-4-9-2-1-3-14(9)21-7-10/h4-8,22H,1-3H2,(H,23,25)(H,24,26). The lowest BCUT2D eigenvalue weighted by Crippen LogP contribution is -2.29. The predicted molar refractivity (Wildman–Crippen MR) is 91.7 cm³/mol. The molecule has 8 heteroatoms. The van der Waals surface area contributed by atoms with E-state index in [0.717, 1.165) is 42.7 Å². The van der Waals surface area contributed by atoms with Gasteiger partial charge in [0, 0.05) is 23.3 Å². The third kappa shape index (κ3) is 2.90. The minimum absolute atomic E-state index is 0.186. The maximum Gasteiger partial charge on any atom is 0.314 e. The van der Waals surface area contributed by atoms with Crippen LogP contribution in [0, 0.1) is 11.6 Å². The highest BCUT2D eigenvalue weighted by Gasteiger charge is 2.19. The highest BCUT2D eigenvalue weighted by atomic mass is 19.2. The van der Waals surface area contributed by atoms with Crippen LogP contribution in [0.25, 0.3) is 10.9 Å². The number of pyridine rings is 1. The van der Waals surface area contributed by atoms with E-state index < -0.39 is 23.4 Å². The number of carbonyl (C=O) groups is 2. The molecule has 0 saturated heterocycles. The number of nitrogens with one attached hydrogen (secondary N) is 3. The second kappa shape index (κ2) is 6.21. The number of aryl methyl sites for hydroxylation is 2. The fourth-order valence-electron chi connectivity index (χ4n) is 3.08. The lowest BCUT2D eigenvalue weighted by atomic mass is 10.2. The molecule has 2 amide bonds. The van der Waals surface area contributed by atoms with Crippen molar-refractivity contribution >= 4 is 34.1 Å². The number of hydrogen-bond donors (Lipinski definition) is 3. The highest BCUT2D eigenvalue weighted by Crippen LogP contribution is 2.26. The number of rotatable bonds is 2. The van der Waals surface area contributed by atoms with E-state index in [1.54, 1.807) is 0 Å². The van der Waals surface area contributed by atoms with Crippen LogP contribution in [0.3, 0.4) is 0 Å². The number of anilines is 2. The summed E-state index contributed by atoms with van der Waals surface area (Å²) in [6, 6.07) is 3.75. The molecular formula is C18H14F2N4O2. The summed E-state index contributed by atoms with van der Waals surface area (Å²) < 4.78 is 26.6. The summed E-state index contributed by atoms with van der Waals surface area (Å²) in [5.74, 6) is -3.84. The van der Waals surface area contributed by atoms with Crippen molar-refractivity contribution < 1.29 is 18.4 Å². The smallest absolute Gasteiger partial charge is 0.314 e. The molecule has 1 aliphatic carbocycles. The van der Waals surface area contributed by atoms with Gasteiger partial charge in [-0.25, -0.2) is 8.78 Å². The van der Waals surface area contributed by atoms with Gasteiger partial charge in [-0.15, -0.1) is 0 Å². The molecule has 6 nitrogen and oxygen atoms in total. The van der Waals surface area contributed by atoms with Crippen molar-refractivity contribution in [1.29, 1.82) is 0 Å². The molecule has 1 aromatic carbocycles. The van der Waals surface area contributed by atoms with Gasteiger partial charge in [-0.05, 0) is 37.0 Å². The summed E-state index contributed by atoms with van der Waals surface area (Å²) in [4.78, 5) is 31.2. The monoisotopic (exact) mass is 356 g/mol. The number of carbonyl (C=O) groups excluding carboxylic acids is 2. The number of benzene rings is 1. The van der Waals surface area contributed by atoms with Crippen LogP contribution < -0.4 is 10.6 Å². The first kappa shape index (κ1) is 16.2. The maximum absolute atomic E-state index is 13.4. The van der Waals surface area contributed by atoms with Gasteiger partial charge in [-0.2, -0.15) is 0 Å². The summed E-state index contributed by atoms with van der Waals surface area (Å²) in [5.41, 5.74) is 3.02. The van der Waals surface area contributed by atoms with Crippen LogP contribution >= 0.6 is 0 Å². The SMILES string of the molecule is O=C(Nc1cnc2c(c1)CCC2)C(=O)Nc1c[nH]c2cc(F)c(F)cc12. The molecule has 0 bridgehead atoms. The third-order valence-corrected chi connectivity index (χ3v) is 4.35. The average molecular weight is 356 g/mol. The van der Waals surface area contributed by atoms with Crippen LogP contribution in [0.5, 0.6) is 0 Å². The predicted octanol–water partition coefficient (Wildman–Crippen LogP) is 2.91. The number of aromatic amines is 1. The first-order valence-electron chi connectivity index (χ1n) is 8.07. The van der Waals surface area contributed by atoms with E-state index in [4.69, 9.17) is 0 Å². The van der Waals surface area contributed by atoms with Gasteiger partial charge >= 0.3 is 11.8 Å². The quantitative estimate of drug-likeness (QED) is 0.617. The molecular weight excluding hydrogens is 342 g/mol. The van der Waals surface area contributed by atoms with Crippen molar-refractivity contribution in [1.82, 2.24) is 9.97 Å². The molecule has 3 aromatic rings. The fourth-order valence-corrected chi connectivity index (χ4v) is 3.08. The van der Waals surface area contributed by atoms with Crippen molar-refractivity contribution in [2.75, 3.05) is 10.6 Å². The number of fused-ring (bicyclic) bond motifs is 2. The molecule has 0 fully saturated rings. The van der Waals surface area contributed by atoms with E-state index >= 15 is 0 Å². The molecule has 0 spiro atoms. The number of halogens is 2. The van der Waals surface area contributed by atoms with Gasteiger partial charge in [-0.3, -0.25) is 14.6 Å². The van der Waals surface area contributed by atoms with Gasteiger partial charge in [0.25, 0.3) is 0 Å².